The average Bonchev–Trinajstić information content (AvgIpc) is 3.34. The maximum absolute atomic E-state index is 12.7. The van der Waals surface area contributed by atoms with E-state index in [1.54, 1.807) is 19.9 Å². The zero-order chi connectivity index (χ0) is 20.9. The van der Waals surface area contributed by atoms with Crippen molar-refractivity contribution in [1.82, 2.24) is 14.4 Å². The molecule has 0 saturated heterocycles. The molecule has 0 bridgehead atoms. The van der Waals surface area contributed by atoms with Crippen LogP contribution in [0.5, 0.6) is 0 Å². The molecule has 1 fully saturated rings. The summed E-state index contributed by atoms with van der Waals surface area (Å²) in [6, 6.07) is 3.54. The summed E-state index contributed by atoms with van der Waals surface area (Å²) < 4.78 is 7.30. The molecule has 150 valence electrons. The lowest BCUT2D eigenvalue weighted by atomic mass is 10.1. The molecule has 0 radical (unpaired) electrons. The number of nitrogens with zero attached hydrogens (tertiary/aromatic N) is 2. The molecule has 29 heavy (non-hydrogen) atoms. The number of aryl methyl sites for hydroxylation is 2. The number of Topliss-reactive ketones (excluding diaryl/α,β-unsaturated/α-hetero) is 2. The van der Waals surface area contributed by atoms with Crippen molar-refractivity contribution in [3.05, 3.63) is 57.9 Å². The van der Waals surface area contributed by atoms with Crippen LogP contribution < -0.4 is 0 Å². The molecular formula is C22H23N3O4. The number of ether oxygens (including phenoxy) is 1. The fourth-order valence-electron chi connectivity index (χ4n) is 3.96. The van der Waals surface area contributed by atoms with Gasteiger partial charge in [0.05, 0.1) is 23.0 Å². The van der Waals surface area contributed by atoms with E-state index in [9.17, 15) is 14.4 Å². The van der Waals surface area contributed by atoms with Gasteiger partial charge in [0, 0.05) is 22.9 Å². The standard InChI is InChI=1S/C22H23N3O4/c1-11-19(14(4)26)12(2)24-20(11)18(27)10-29-22(28)17-8-7-16-9-23-21(15-5-6-15)25(16)13(17)3/h7-9,15,24H,5-6,10H2,1-4H3. The number of fused-ring (bicyclic) bond motifs is 1. The Morgan fingerprint density at radius 1 is 1.21 bits per heavy atom. The van der Waals surface area contributed by atoms with Gasteiger partial charge < -0.3 is 9.72 Å². The number of aromatic nitrogens is 3. The lowest BCUT2D eigenvalue weighted by Gasteiger charge is -2.10. The first-order valence-electron chi connectivity index (χ1n) is 9.67. The van der Waals surface area contributed by atoms with Crippen molar-refractivity contribution in [2.75, 3.05) is 6.61 Å². The summed E-state index contributed by atoms with van der Waals surface area (Å²) in [6.07, 6.45) is 4.03. The Hall–Kier alpha value is -3.22. The number of H-pyrrole nitrogens is 1. The molecule has 0 amide bonds. The molecule has 1 N–H and O–H groups in total. The highest BCUT2D eigenvalue weighted by molar-refractivity contribution is 6.04. The number of hydrogen-bond acceptors (Lipinski definition) is 5. The van der Waals surface area contributed by atoms with E-state index in [4.69, 9.17) is 4.74 Å². The molecule has 3 aromatic heterocycles. The molecular weight excluding hydrogens is 370 g/mol. The minimum atomic E-state index is -0.555. The molecule has 4 rings (SSSR count). The van der Waals surface area contributed by atoms with Crippen molar-refractivity contribution in [1.29, 1.82) is 0 Å². The van der Waals surface area contributed by atoms with E-state index in [-0.39, 0.29) is 11.6 Å². The van der Waals surface area contributed by atoms with Gasteiger partial charge in [-0.2, -0.15) is 0 Å². The average molecular weight is 393 g/mol. The van der Waals surface area contributed by atoms with Crippen molar-refractivity contribution in [3.8, 4) is 0 Å². The van der Waals surface area contributed by atoms with E-state index in [0.29, 0.717) is 34.0 Å². The monoisotopic (exact) mass is 393 g/mol. The van der Waals surface area contributed by atoms with Crippen LogP contribution in [0.4, 0.5) is 0 Å². The number of ketones is 2. The molecule has 1 aliphatic carbocycles. The highest BCUT2D eigenvalue weighted by Gasteiger charge is 2.29. The number of nitrogens with one attached hydrogen (secondary N) is 1. The maximum Gasteiger partial charge on any atom is 0.340 e. The van der Waals surface area contributed by atoms with E-state index in [1.165, 1.54) is 6.92 Å². The van der Waals surface area contributed by atoms with Crippen molar-refractivity contribution < 1.29 is 19.1 Å². The fourth-order valence-corrected chi connectivity index (χ4v) is 3.96. The van der Waals surface area contributed by atoms with Crippen molar-refractivity contribution >= 4 is 23.1 Å². The fraction of sp³-hybridized carbons (Fsp3) is 0.364. The van der Waals surface area contributed by atoms with Gasteiger partial charge in [-0.3, -0.25) is 14.0 Å². The summed E-state index contributed by atoms with van der Waals surface area (Å²) >= 11 is 0. The molecule has 0 atom stereocenters. The van der Waals surface area contributed by atoms with E-state index in [2.05, 4.69) is 9.97 Å². The zero-order valence-corrected chi connectivity index (χ0v) is 17.0. The molecule has 0 unspecified atom stereocenters. The summed E-state index contributed by atoms with van der Waals surface area (Å²) in [5, 5.41) is 0. The van der Waals surface area contributed by atoms with E-state index in [0.717, 1.165) is 29.9 Å². The number of aromatic amines is 1. The lowest BCUT2D eigenvalue weighted by molar-refractivity contribution is 0.0472. The van der Waals surface area contributed by atoms with Crippen molar-refractivity contribution in [2.45, 2.75) is 46.5 Å². The molecule has 0 spiro atoms. The number of rotatable bonds is 6. The Morgan fingerprint density at radius 2 is 1.93 bits per heavy atom. The van der Waals surface area contributed by atoms with Crippen LogP contribution >= 0.6 is 0 Å². The molecule has 1 aliphatic rings. The summed E-state index contributed by atoms with van der Waals surface area (Å²) in [7, 11) is 0. The first-order chi connectivity index (χ1) is 13.8. The molecule has 7 nitrogen and oxygen atoms in total. The predicted molar refractivity (Wildman–Crippen MR) is 107 cm³/mol. The minimum absolute atomic E-state index is 0.108. The van der Waals surface area contributed by atoms with Crippen LogP contribution in [-0.2, 0) is 4.74 Å². The van der Waals surface area contributed by atoms with Gasteiger partial charge in [0.25, 0.3) is 0 Å². The van der Waals surface area contributed by atoms with Gasteiger partial charge in [-0.1, -0.05) is 0 Å². The number of esters is 1. The second-order valence-electron chi connectivity index (χ2n) is 7.66. The van der Waals surface area contributed by atoms with Crippen LogP contribution in [0.3, 0.4) is 0 Å². The van der Waals surface area contributed by atoms with Gasteiger partial charge in [-0.15, -0.1) is 0 Å². The number of hydrogen-bond donors (Lipinski definition) is 1. The minimum Gasteiger partial charge on any atom is -0.454 e. The Morgan fingerprint density at radius 3 is 2.55 bits per heavy atom. The Kier molecular flexibility index (Phi) is 4.61. The van der Waals surface area contributed by atoms with Gasteiger partial charge in [0.1, 0.15) is 5.82 Å². The quantitative estimate of drug-likeness (QED) is 0.509. The van der Waals surface area contributed by atoms with Crippen molar-refractivity contribution in [2.24, 2.45) is 0 Å². The highest BCUT2D eigenvalue weighted by atomic mass is 16.5. The Labute approximate surface area is 168 Å². The number of carbonyl (C=O) groups excluding carboxylic acids is 3. The first-order valence-corrected chi connectivity index (χ1v) is 9.67. The Balaban J connectivity index is 1.54. The van der Waals surface area contributed by atoms with Gasteiger partial charge in [-0.05, 0) is 58.2 Å². The largest absolute Gasteiger partial charge is 0.454 e. The number of pyridine rings is 1. The first kappa shape index (κ1) is 19.1. The van der Waals surface area contributed by atoms with Crippen LogP contribution in [0.25, 0.3) is 5.52 Å². The van der Waals surface area contributed by atoms with Crippen LogP contribution in [0.1, 0.15) is 79.7 Å². The third kappa shape index (κ3) is 3.26. The highest BCUT2D eigenvalue weighted by Crippen LogP contribution is 2.39. The van der Waals surface area contributed by atoms with Gasteiger partial charge in [0.15, 0.2) is 12.4 Å². The molecule has 0 aliphatic heterocycles. The van der Waals surface area contributed by atoms with Crippen LogP contribution in [-0.4, -0.2) is 38.5 Å². The third-order valence-corrected chi connectivity index (χ3v) is 5.53. The van der Waals surface area contributed by atoms with Crippen LogP contribution in [0, 0.1) is 20.8 Å². The topological polar surface area (TPSA) is 93.5 Å². The SMILES string of the molecule is CC(=O)c1c(C)[nH]c(C(=O)COC(=O)c2ccc3cnc(C4CC4)n3c2C)c1C. The van der Waals surface area contributed by atoms with Gasteiger partial charge >= 0.3 is 5.97 Å². The maximum atomic E-state index is 12.7. The molecule has 1 saturated carbocycles. The third-order valence-electron chi connectivity index (χ3n) is 5.53. The van der Waals surface area contributed by atoms with E-state index in [1.807, 2.05) is 23.6 Å². The Bertz CT molecular complexity index is 1160. The van der Waals surface area contributed by atoms with Gasteiger partial charge in [0.2, 0.25) is 5.78 Å². The predicted octanol–water partition coefficient (Wildman–Crippen LogP) is 3.71. The summed E-state index contributed by atoms with van der Waals surface area (Å²) in [6.45, 7) is 6.38. The molecule has 3 heterocycles. The second-order valence-corrected chi connectivity index (χ2v) is 7.66. The lowest BCUT2D eigenvalue weighted by Crippen LogP contribution is -2.17. The number of imidazole rings is 1. The van der Waals surface area contributed by atoms with Crippen molar-refractivity contribution in [3.63, 3.8) is 0 Å². The number of carbonyl (C=O) groups is 3. The van der Waals surface area contributed by atoms with Crippen LogP contribution in [0.2, 0.25) is 0 Å². The van der Waals surface area contributed by atoms with Gasteiger partial charge in [-0.25, -0.2) is 9.78 Å². The zero-order valence-electron chi connectivity index (χ0n) is 17.0. The van der Waals surface area contributed by atoms with E-state index < -0.39 is 12.6 Å². The molecule has 3 aromatic rings. The summed E-state index contributed by atoms with van der Waals surface area (Å²) in [5.41, 5.74) is 4.14. The molecule has 0 aromatic carbocycles. The van der Waals surface area contributed by atoms with Crippen LogP contribution in [0.15, 0.2) is 18.3 Å². The second kappa shape index (κ2) is 6.99. The summed E-state index contributed by atoms with van der Waals surface area (Å²) in [5.74, 6) is 0.381. The smallest absolute Gasteiger partial charge is 0.340 e. The summed E-state index contributed by atoms with van der Waals surface area (Å²) in [4.78, 5) is 44.4. The molecule has 7 heteroatoms. The van der Waals surface area contributed by atoms with E-state index >= 15 is 0 Å². The normalized spacial score (nSPS) is 13.7.